The second kappa shape index (κ2) is 45.1. The van der Waals surface area contributed by atoms with Gasteiger partial charge in [0.05, 0.1) is 40.3 Å². The lowest BCUT2D eigenvalue weighted by atomic mass is 10.0. The molecule has 2 atom stereocenters. The van der Waals surface area contributed by atoms with Gasteiger partial charge >= 0.3 is 11.9 Å². The average Bonchev–Trinajstić information content (AvgIpc) is 3.23. The van der Waals surface area contributed by atoms with Crippen LogP contribution < -0.4 is 5.11 Å². The number of carbonyl (C=O) groups excluding carboxylic acids is 3. The summed E-state index contributed by atoms with van der Waals surface area (Å²) < 4.78 is 17.3. The van der Waals surface area contributed by atoms with Crippen LogP contribution in [0.15, 0.2) is 36.5 Å². The van der Waals surface area contributed by atoms with Gasteiger partial charge in [0, 0.05) is 19.3 Å². The van der Waals surface area contributed by atoms with Crippen molar-refractivity contribution in [2.24, 2.45) is 0 Å². The molecule has 0 aromatic heterocycles. The van der Waals surface area contributed by atoms with Gasteiger partial charge in [0.25, 0.3) is 0 Å². The van der Waals surface area contributed by atoms with Crippen molar-refractivity contribution in [3.63, 3.8) is 0 Å². The Morgan fingerprint density at radius 2 is 0.903 bits per heavy atom. The maximum atomic E-state index is 12.8. The molecule has 0 aliphatic carbocycles. The second-order valence-corrected chi connectivity index (χ2v) is 18.7. The van der Waals surface area contributed by atoms with E-state index in [-0.39, 0.29) is 42.7 Å². The van der Waals surface area contributed by atoms with Gasteiger partial charge in [-0.15, -0.1) is 0 Å². The highest BCUT2D eigenvalue weighted by Crippen LogP contribution is 2.16. The van der Waals surface area contributed by atoms with Crippen LogP contribution in [0.2, 0.25) is 0 Å². The number of unbranched alkanes of at least 4 members (excludes halogenated alkanes) is 27. The Kier molecular flexibility index (Phi) is 43.3. The van der Waals surface area contributed by atoms with Gasteiger partial charge in [-0.1, -0.05) is 192 Å². The Morgan fingerprint density at radius 3 is 1.34 bits per heavy atom. The van der Waals surface area contributed by atoms with Crippen LogP contribution >= 0.6 is 0 Å². The lowest BCUT2D eigenvalue weighted by molar-refractivity contribution is -0.889. The fraction of sp³-hybridized carbons (Fsp3) is 0.833. The minimum atomic E-state index is -1.12. The first-order valence-electron chi connectivity index (χ1n) is 26.0. The smallest absolute Gasteiger partial charge is 0.306 e. The predicted molar refractivity (Wildman–Crippen MR) is 259 cm³/mol. The fourth-order valence-electron chi connectivity index (χ4n) is 7.75. The maximum absolute atomic E-state index is 12.8. The highest BCUT2D eigenvalue weighted by molar-refractivity contribution is 5.70. The van der Waals surface area contributed by atoms with E-state index < -0.39 is 18.1 Å². The molecule has 362 valence electrons. The molecule has 8 nitrogen and oxygen atoms in total. The monoisotopic (exact) mass is 874 g/mol. The quantitative estimate of drug-likeness (QED) is 0.0260. The number of allylic oxidation sites excluding steroid dienone is 6. The Bertz CT molecular complexity index is 1110. The van der Waals surface area contributed by atoms with Crippen LogP contribution in [0.3, 0.4) is 0 Å². The number of ether oxygens (including phenoxy) is 3. The molecule has 0 aliphatic rings. The molecule has 0 aromatic rings. The van der Waals surface area contributed by atoms with Gasteiger partial charge in [0.1, 0.15) is 12.6 Å². The van der Waals surface area contributed by atoms with Gasteiger partial charge in [0.2, 0.25) is 0 Å². The van der Waals surface area contributed by atoms with Crippen molar-refractivity contribution >= 4 is 17.9 Å². The molecular weight excluding hydrogens is 775 g/mol. The summed E-state index contributed by atoms with van der Waals surface area (Å²) in [7, 11) is 5.42. The highest BCUT2D eigenvalue weighted by atomic mass is 16.6. The van der Waals surface area contributed by atoms with Crippen molar-refractivity contribution < 1.29 is 38.2 Å². The van der Waals surface area contributed by atoms with E-state index in [1.54, 1.807) is 21.1 Å². The van der Waals surface area contributed by atoms with Gasteiger partial charge in [-0.2, -0.15) is 0 Å². The van der Waals surface area contributed by atoms with Crippen LogP contribution in [0.4, 0.5) is 0 Å². The van der Waals surface area contributed by atoms with Gasteiger partial charge in [-0.25, -0.2) is 0 Å². The number of carbonyl (C=O) groups is 3. The Balaban J connectivity index is 4.21. The first kappa shape index (κ1) is 59.5. The van der Waals surface area contributed by atoms with E-state index in [0.717, 1.165) is 51.4 Å². The first-order valence-corrected chi connectivity index (χ1v) is 26.0. The number of quaternary nitrogens is 1. The molecule has 0 aliphatic heterocycles. The molecule has 0 saturated carbocycles. The number of carboxylic acid groups (broad SMARTS) is 1. The SMILES string of the molecule is CC/C=C/C/C=C/CCCCCCCCCCCCCCCCC(=O)OC(COCCC(C(=O)[O-])[N+](C)(C)C)COC(=O)CCCCCCCCC/C=C/CCCCCCCC. The molecule has 0 radical (unpaired) electrons. The summed E-state index contributed by atoms with van der Waals surface area (Å²) in [4.78, 5) is 37.0. The van der Waals surface area contributed by atoms with Crippen molar-refractivity contribution in [1.29, 1.82) is 0 Å². The summed E-state index contributed by atoms with van der Waals surface area (Å²) in [6.45, 7) is 4.58. The van der Waals surface area contributed by atoms with Gasteiger partial charge in [-0.3, -0.25) is 9.59 Å². The van der Waals surface area contributed by atoms with Crippen LogP contribution in [0.1, 0.15) is 239 Å². The summed E-state index contributed by atoms with van der Waals surface area (Å²) in [5.41, 5.74) is 0. The standard InChI is InChI=1S/C54H99NO7/c1-6-8-10-12-14-16-18-20-22-24-25-26-27-29-31-33-35-37-39-41-43-45-53(57)62-50(48-60-47-46-51(54(58)59)55(3,4)5)49-61-52(56)44-42-40-38-36-34-32-30-28-23-21-19-17-15-13-11-9-7-2/h8,10,14,16,21,23,50-51H,6-7,9,11-13,15,17-20,22,24-49H2,1-5H3/b10-8+,16-14+,23-21+. The second-order valence-electron chi connectivity index (χ2n) is 18.7. The van der Waals surface area contributed by atoms with Crippen LogP contribution in [-0.2, 0) is 28.6 Å². The Morgan fingerprint density at radius 1 is 0.500 bits per heavy atom. The number of esters is 2. The Hall–Kier alpha value is -2.45. The van der Waals surface area contributed by atoms with E-state index in [1.165, 1.54) is 154 Å². The summed E-state index contributed by atoms with van der Waals surface area (Å²) in [5, 5.41) is 11.7. The van der Waals surface area contributed by atoms with Crippen LogP contribution in [0.5, 0.6) is 0 Å². The number of rotatable bonds is 47. The Labute approximate surface area is 383 Å². The average molecular weight is 874 g/mol. The number of likely N-dealkylation sites (N-methyl/N-ethyl adjacent to an activating group) is 1. The molecule has 2 unspecified atom stereocenters. The molecule has 0 aromatic carbocycles. The van der Waals surface area contributed by atoms with E-state index in [2.05, 4.69) is 50.3 Å². The van der Waals surface area contributed by atoms with Crippen LogP contribution in [0.25, 0.3) is 0 Å². The van der Waals surface area contributed by atoms with Crippen molar-refractivity contribution in [3.05, 3.63) is 36.5 Å². The van der Waals surface area contributed by atoms with Crippen molar-refractivity contribution in [3.8, 4) is 0 Å². The number of hydrogen-bond acceptors (Lipinski definition) is 7. The minimum absolute atomic E-state index is 0.0420. The zero-order valence-electron chi connectivity index (χ0n) is 41.3. The lowest BCUT2D eigenvalue weighted by Crippen LogP contribution is -2.55. The fourth-order valence-corrected chi connectivity index (χ4v) is 7.75. The number of hydrogen-bond donors (Lipinski definition) is 0. The van der Waals surface area contributed by atoms with Crippen molar-refractivity contribution in [2.75, 3.05) is 41.0 Å². The molecule has 0 spiro atoms. The summed E-state index contributed by atoms with van der Waals surface area (Å²) in [5.74, 6) is -1.73. The molecule has 0 N–H and O–H groups in total. The van der Waals surface area contributed by atoms with Crippen molar-refractivity contribution in [1.82, 2.24) is 0 Å². The molecular formula is C54H99NO7. The summed E-state index contributed by atoms with van der Waals surface area (Å²) in [6.07, 6.45) is 53.2. The zero-order chi connectivity index (χ0) is 45.6. The van der Waals surface area contributed by atoms with Crippen LogP contribution in [0, 0.1) is 0 Å². The molecule has 0 rings (SSSR count). The van der Waals surface area contributed by atoms with Crippen molar-refractivity contribution in [2.45, 2.75) is 251 Å². The topological polar surface area (TPSA) is 102 Å². The molecule has 0 fully saturated rings. The molecule has 62 heavy (non-hydrogen) atoms. The molecule has 0 heterocycles. The number of aliphatic carboxylic acids is 1. The molecule has 0 amide bonds. The third kappa shape index (κ3) is 42.8. The third-order valence-electron chi connectivity index (χ3n) is 11.8. The largest absolute Gasteiger partial charge is 0.544 e. The van der Waals surface area contributed by atoms with E-state index >= 15 is 0 Å². The van der Waals surface area contributed by atoms with E-state index in [0.29, 0.717) is 12.8 Å². The summed E-state index contributed by atoms with van der Waals surface area (Å²) >= 11 is 0. The molecule has 0 bridgehead atoms. The predicted octanol–water partition coefficient (Wildman–Crippen LogP) is 13.6. The van der Waals surface area contributed by atoms with Crippen LogP contribution in [-0.4, -0.2) is 75.5 Å². The molecule has 8 heteroatoms. The van der Waals surface area contributed by atoms with E-state index in [1.807, 2.05) is 0 Å². The normalized spacial score (nSPS) is 13.1. The highest BCUT2D eigenvalue weighted by Gasteiger charge is 2.25. The number of carboxylic acids is 1. The zero-order valence-corrected chi connectivity index (χ0v) is 41.3. The minimum Gasteiger partial charge on any atom is -0.544 e. The molecule has 0 saturated heterocycles. The maximum Gasteiger partial charge on any atom is 0.306 e. The van der Waals surface area contributed by atoms with Gasteiger partial charge in [-0.05, 0) is 64.2 Å². The lowest BCUT2D eigenvalue weighted by Gasteiger charge is -2.34. The van der Waals surface area contributed by atoms with Gasteiger partial charge in [0.15, 0.2) is 6.10 Å². The van der Waals surface area contributed by atoms with Gasteiger partial charge < -0.3 is 28.6 Å². The first-order chi connectivity index (χ1) is 30.1. The van der Waals surface area contributed by atoms with E-state index in [9.17, 15) is 19.5 Å². The summed E-state index contributed by atoms with van der Waals surface area (Å²) in [6, 6.07) is -0.725. The third-order valence-corrected chi connectivity index (χ3v) is 11.8. The van der Waals surface area contributed by atoms with E-state index in [4.69, 9.17) is 14.2 Å². The number of nitrogens with zero attached hydrogens (tertiary/aromatic N) is 1.